The molecule has 156 valence electrons. The lowest BCUT2D eigenvalue weighted by Gasteiger charge is -2.43. The number of fused-ring (bicyclic) bond motifs is 2. The van der Waals surface area contributed by atoms with Crippen molar-refractivity contribution in [2.24, 2.45) is 11.8 Å². The third kappa shape index (κ3) is 2.91. The van der Waals surface area contributed by atoms with Gasteiger partial charge in [0.25, 0.3) is 0 Å². The number of rotatable bonds is 4. The molecule has 5 aliphatic rings. The number of nitrogens with zero attached hydrogens (tertiary/aromatic N) is 4. The number of ether oxygens (including phenoxy) is 2. The Hall–Kier alpha value is -1.72. The molecule has 1 saturated carbocycles. The summed E-state index contributed by atoms with van der Waals surface area (Å²) in [4.78, 5) is 10.1. The summed E-state index contributed by atoms with van der Waals surface area (Å²) in [6.45, 7) is 12.9. The Morgan fingerprint density at radius 2 is 1.18 bits per heavy atom. The van der Waals surface area contributed by atoms with Crippen molar-refractivity contribution in [3.63, 3.8) is 0 Å². The second-order valence-electron chi connectivity index (χ2n) is 9.85. The molecule has 0 bridgehead atoms. The fraction of sp³-hybridized carbons (Fsp3) is 0.818. The highest BCUT2D eigenvalue weighted by Crippen LogP contribution is 2.38. The van der Waals surface area contributed by atoms with E-state index in [1.54, 1.807) is 0 Å². The third-order valence-electron chi connectivity index (χ3n) is 7.44. The molecule has 2 saturated heterocycles. The molecule has 0 spiro atoms. The molecule has 3 fully saturated rings. The van der Waals surface area contributed by atoms with E-state index in [2.05, 4.69) is 59.7 Å². The highest BCUT2D eigenvalue weighted by molar-refractivity contribution is 5.13. The minimum atomic E-state index is 0.512. The molecule has 0 amide bonds. The van der Waals surface area contributed by atoms with Gasteiger partial charge in [-0.2, -0.15) is 0 Å². The first-order valence-corrected chi connectivity index (χ1v) is 11.3. The van der Waals surface area contributed by atoms with E-state index < -0.39 is 0 Å². The van der Waals surface area contributed by atoms with Crippen molar-refractivity contribution in [2.45, 2.75) is 77.5 Å². The zero-order chi connectivity index (χ0) is 19.4. The molecule has 6 nitrogen and oxygen atoms in total. The van der Waals surface area contributed by atoms with Gasteiger partial charge in [-0.05, 0) is 24.7 Å². The van der Waals surface area contributed by atoms with Crippen LogP contribution in [0.15, 0.2) is 24.2 Å². The lowest BCUT2D eigenvalue weighted by atomic mass is 9.88. The van der Waals surface area contributed by atoms with Gasteiger partial charge in [0.2, 0.25) is 11.8 Å². The van der Waals surface area contributed by atoms with Crippen molar-refractivity contribution in [3.8, 4) is 0 Å². The molecule has 28 heavy (non-hydrogen) atoms. The molecular formula is C22H36N4O2. The van der Waals surface area contributed by atoms with Crippen LogP contribution in [0.3, 0.4) is 0 Å². The van der Waals surface area contributed by atoms with Crippen LogP contribution in [0.4, 0.5) is 0 Å². The first-order valence-electron chi connectivity index (χ1n) is 11.3. The molecule has 6 heteroatoms. The Balaban J connectivity index is 1.31. The lowest BCUT2D eigenvalue weighted by Crippen LogP contribution is -2.52. The van der Waals surface area contributed by atoms with E-state index in [1.165, 1.54) is 25.7 Å². The van der Waals surface area contributed by atoms with Crippen molar-refractivity contribution in [2.75, 3.05) is 26.6 Å². The maximum atomic E-state index is 6.03. The molecule has 0 aromatic heterocycles. The van der Waals surface area contributed by atoms with Gasteiger partial charge in [0.15, 0.2) is 0 Å². The van der Waals surface area contributed by atoms with Crippen LogP contribution in [-0.4, -0.2) is 70.3 Å². The van der Waals surface area contributed by atoms with Gasteiger partial charge < -0.3 is 29.1 Å². The van der Waals surface area contributed by atoms with Crippen LogP contribution in [-0.2, 0) is 9.47 Å². The maximum Gasteiger partial charge on any atom is 0.207 e. The third-order valence-corrected chi connectivity index (χ3v) is 7.44. The van der Waals surface area contributed by atoms with Gasteiger partial charge in [0.1, 0.15) is 13.2 Å². The van der Waals surface area contributed by atoms with Crippen molar-refractivity contribution >= 4 is 0 Å². The normalized spacial score (nSPS) is 34.6. The minimum absolute atomic E-state index is 0.512. The van der Waals surface area contributed by atoms with Crippen LogP contribution in [0.2, 0.25) is 0 Å². The van der Waals surface area contributed by atoms with E-state index in [4.69, 9.17) is 9.47 Å². The fourth-order valence-corrected chi connectivity index (χ4v) is 5.67. The Bertz CT molecular complexity index is 605. The van der Waals surface area contributed by atoms with Crippen LogP contribution < -0.4 is 0 Å². The van der Waals surface area contributed by atoms with Crippen LogP contribution in [0.1, 0.15) is 53.4 Å². The average molecular weight is 389 g/mol. The maximum absolute atomic E-state index is 6.03. The second-order valence-corrected chi connectivity index (χ2v) is 9.85. The van der Waals surface area contributed by atoms with E-state index in [1.807, 2.05) is 0 Å². The van der Waals surface area contributed by atoms with Crippen LogP contribution in [0, 0.1) is 11.8 Å². The van der Waals surface area contributed by atoms with Gasteiger partial charge in [0.05, 0.1) is 49.9 Å². The Labute approximate surface area is 169 Å². The summed E-state index contributed by atoms with van der Waals surface area (Å²) in [5, 5.41) is 0. The number of hydrogen-bond acceptors (Lipinski definition) is 6. The van der Waals surface area contributed by atoms with E-state index in [-0.39, 0.29) is 0 Å². The lowest BCUT2D eigenvalue weighted by molar-refractivity contribution is 0.0626. The van der Waals surface area contributed by atoms with E-state index in [0.29, 0.717) is 36.0 Å². The monoisotopic (exact) mass is 388 g/mol. The van der Waals surface area contributed by atoms with Crippen molar-refractivity contribution in [1.82, 2.24) is 19.6 Å². The van der Waals surface area contributed by atoms with Gasteiger partial charge in [-0.3, -0.25) is 0 Å². The van der Waals surface area contributed by atoms with Crippen LogP contribution >= 0.6 is 0 Å². The van der Waals surface area contributed by atoms with Crippen molar-refractivity contribution < 1.29 is 9.47 Å². The second kappa shape index (κ2) is 6.96. The standard InChI is InChI=1S/C22H36N4O2/c1-15(2)19-11-27-21-9-23(13-25(19)21)17-7-5-6-8-18(17)24-10-22-26(14-24)20(12-28-22)16(3)4/h9-10,15-20H,5-8,11-14H2,1-4H3/t17?,18?,19-,20-/m1/s1. The van der Waals surface area contributed by atoms with Crippen molar-refractivity contribution in [1.29, 1.82) is 0 Å². The average Bonchev–Trinajstić information content (AvgIpc) is 3.40. The predicted molar refractivity (Wildman–Crippen MR) is 108 cm³/mol. The van der Waals surface area contributed by atoms with Gasteiger partial charge >= 0.3 is 0 Å². The van der Waals surface area contributed by atoms with Gasteiger partial charge in [-0.25, -0.2) is 0 Å². The molecule has 0 radical (unpaired) electrons. The topological polar surface area (TPSA) is 31.4 Å². The molecule has 0 aromatic rings. The van der Waals surface area contributed by atoms with Gasteiger partial charge in [0, 0.05) is 0 Å². The van der Waals surface area contributed by atoms with Gasteiger partial charge in [-0.1, -0.05) is 40.5 Å². The summed E-state index contributed by atoms with van der Waals surface area (Å²) in [6.07, 6.45) is 9.78. The van der Waals surface area contributed by atoms with Crippen LogP contribution in [0.25, 0.3) is 0 Å². The zero-order valence-electron chi connectivity index (χ0n) is 17.9. The number of hydrogen-bond donors (Lipinski definition) is 0. The Kier molecular flexibility index (Phi) is 4.55. The van der Waals surface area contributed by atoms with Crippen molar-refractivity contribution in [3.05, 3.63) is 24.2 Å². The summed E-state index contributed by atoms with van der Waals surface area (Å²) in [7, 11) is 0. The summed E-state index contributed by atoms with van der Waals surface area (Å²) in [5.41, 5.74) is 0. The smallest absolute Gasteiger partial charge is 0.207 e. The van der Waals surface area contributed by atoms with E-state index in [9.17, 15) is 0 Å². The Morgan fingerprint density at radius 1 is 0.750 bits per heavy atom. The molecule has 4 heterocycles. The van der Waals surface area contributed by atoms with Gasteiger partial charge in [-0.15, -0.1) is 0 Å². The van der Waals surface area contributed by atoms with E-state index in [0.717, 1.165) is 38.3 Å². The molecule has 4 aliphatic heterocycles. The highest BCUT2D eigenvalue weighted by atomic mass is 16.5. The minimum Gasteiger partial charge on any atom is -0.476 e. The summed E-state index contributed by atoms with van der Waals surface area (Å²) in [6, 6.07) is 2.13. The summed E-state index contributed by atoms with van der Waals surface area (Å²) < 4.78 is 12.1. The molecule has 0 N–H and O–H groups in total. The fourth-order valence-electron chi connectivity index (χ4n) is 5.67. The van der Waals surface area contributed by atoms with E-state index >= 15 is 0 Å². The summed E-state index contributed by atoms with van der Waals surface area (Å²) >= 11 is 0. The Morgan fingerprint density at radius 3 is 1.57 bits per heavy atom. The molecule has 1 aliphatic carbocycles. The first kappa shape index (κ1) is 18.3. The molecular weight excluding hydrogens is 352 g/mol. The highest BCUT2D eigenvalue weighted by Gasteiger charge is 2.44. The predicted octanol–water partition coefficient (Wildman–Crippen LogP) is 3.16. The first-order chi connectivity index (χ1) is 13.5. The zero-order valence-corrected chi connectivity index (χ0v) is 17.9. The summed E-state index contributed by atoms with van der Waals surface area (Å²) in [5.74, 6) is 3.42. The largest absolute Gasteiger partial charge is 0.476 e. The molecule has 2 unspecified atom stereocenters. The quantitative estimate of drug-likeness (QED) is 0.735. The molecule has 5 rings (SSSR count). The molecule has 0 aromatic carbocycles. The van der Waals surface area contributed by atoms with Crippen LogP contribution in [0.5, 0.6) is 0 Å². The SMILES string of the molecule is CC(C)[C@H]1COC2=CN(C3CCCCC3N3C=C4OC[C@H](C(C)C)N4C3)CN21. The molecule has 4 atom stereocenters.